The molecule has 1 aromatic carbocycles. The van der Waals surface area contributed by atoms with E-state index in [9.17, 15) is 14.0 Å². The number of carboxylic acids is 1. The van der Waals surface area contributed by atoms with Crippen molar-refractivity contribution in [3.05, 3.63) is 28.0 Å². The van der Waals surface area contributed by atoms with E-state index in [0.29, 0.717) is 0 Å². The fraction of sp³-hybridized carbons (Fsp3) is 0.111. The lowest BCUT2D eigenvalue weighted by atomic mass is 10.3. The summed E-state index contributed by atoms with van der Waals surface area (Å²) < 4.78 is 12.9. The van der Waals surface area contributed by atoms with E-state index in [-0.39, 0.29) is 15.7 Å². The van der Waals surface area contributed by atoms with Crippen molar-refractivity contribution in [3.8, 4) is 0 Å². The van der Waals surface area contributed by atoms with Crippen molar-refractivity contribution in [1.29, 1.82) is 0 Å². The van der Waals surface area contributed by atoms with E-state index in [1.54, 1.807) is 5.48 Å². The predicted molar refractivity (Wildman–Crippen MR) is 62.2 cm³/mol. The van der Waals surface area contributed by atoms with Gasteiger partial charge in [-0.2, -0.15) is 0 Å². The van der Waals surface area contributed by atoms with Crippen LogP contribution in [0.25, 0.3) is 0 Å². The van der Waals surface area contributed by atoms with Gasteiger partial charge in [0, 0.05) is 0 Å². The molecular weight excluding hydrogens is 290 g/mol. The Morgan fingerprint density at radius 3 is 2.39 bits per heavy atom. The van der Waals surface area contributed by atoms with E-state index in [0.717, 1.165) is 12.1 Å². The normalized spacial score (nSPS) is 9.94. The summed E-state index contributed by atoms with van der Waals surface area (Å²) in [4.78, 5) is 25.6. The van der Waals surface area contributed by atoms with Crippen molar-refractivity contribution in [2.75, 3.05) is 11.9 Å². The molecule has 3 N–H and O–H groups in total. The molecule has 0 fully saturated rings. The average molecular weight is 297 g/mol. The second kappa shape index (κ2) is 6.39. The molecule has 0 radical (unpaired) electrons. The molecule has 0 aliphatic heterocycles. The highest BCUT2D eigenvalue weighted by Gasteiger charge is 2.12. The molecule has 0 heterocycles. The van der Waals surface area contributed by atoms with Gasteiger partial charge in [0.1, 0.15) is 5.82 Å². The van der Waals surface area contributed by atoms with Crippen molar-refractivity contribution in [3.63, 3.8) is 0 Å². The number of nitrogens with one attached hydrogen (secondary N) is 2. The number of urea groups is 1. The van der Waals surface area contributed by atoms with Gasteiger partial charge in [0.25, 0.3) is 0 Å². The van der Waals surface area contributed by atoms with Crippen LogP contribution in [0, 0.1) is 5.82 Å². The molecule has 6 nitrogen and oxygen atoms in total. The summed E-state index contributed by atoms with van der Waals surface area (Å²) in [5, 5.41) is 10.2. The van der Waals surface area contributed by atoms with Crippen LogP contribution in [0.2, 0.25) is 10.0 Å². The average Bonchev–Trinajstić information content (AvgIpc) is 2.22. The highest BCUT2D eigenvalue weighted by Crippen LogP contribution is 2.31. The molecule has 0 atom stereocenters. The van der Waals surface area contributed by atoms with Gasteiger partial charge >= 0.3 is 12.0 Å². The van der Waals surface area contributed by atoms with Crippen molar-refractivity contribution in [2.45, 2.75) is 0 Å². The maximum absolute atomic E-state index is 12.9. The van der Waals surface area contributed by atoms with Crippen LogP contribution in [0.3, 0.4) is 0 Å². The third-order valence-electron chi connectivity index (χ3n) is 1.61. The summed E-state index contributed by atoms with van der Waals surface area (Å²) in [6.07, 6.45) is 0. The lowest BCUT2D eigenvalue weighted by Gasteiger charge is -2.10. The highest BCUT2D eigenvalue weighted by molar-refractivity contribution is 6.39. The summed E-state index contributed by atoms with van der Waals surface area (Å²) in [6.45, 7) is -0.710. The second-order valence-electron chi connectivity index (χ2n) is 2.98. The molecule has 0 spiro atoms. The number of carbonyl (C=O) groups excluding carboxylic acids is 1. The Morgan fingerprint density at radius 2 is 1.89 bits per heavy atom. The number of hydrogen-bond donors (Lipinski definition) is 3. The van der Waals surface area contributed by atoms with Gasteiger partial charge in [0.15, 0.2) is 6.61 Å². The van der Waals surface area contributed by atoms with Gasteiger partial charge in [-0.05, 0) is 12.1 Å². The number of carbonyl (C=O) groups is 2. The molecule has 1 rings (SSSR count). The van der Waals surface area contributed by atoms with E-state index in [4.69, 9.17) is 28.3 Å². The lowest BCUT2D eigenvalue weighted by Crippen LogP contribution is -2.31. The van der Waals surface area contributed by atoms with Crippen LogP contribution in [0.5, 0.6) is 0 Å². The lowest BCUT2D eigenvalue weighted by molar-refractivity contribution is -0.143. The van der Waals surface area contributed by atoms with Gasteiger partial charge < -0.3 is 10.4 Å². The number of anilines is 1. The van der Waals surface area contributed by atoms with Gasteiger partial charge in [-0.15, -0.1) is 0 Å². The predicted octanol–water partition coefficient (Wildman–Crippen LogP) is 2.27. The topological polar surface area (TPSA) is 87.7 Å². The molecule has 0 saturated carbocycles. The van der Waals surface area contributed by atoms with E-state index < -0.39 is 24.4 Å². The van der Waals surface area contributed by atoms with Gasteiger partial charge in [0.05, 0.1) is 15.7 Å². The summed E-state index contributed by atoms with van der Waals surface area (Å²) in [7, 11) is 0. The first-order valence-electron chi connectivity index (χ1n) is 4.45. The first-order chi connectivity index (χ1) is 8.40. The third kappa shape index (κ3) is 4.36. The van der Waals surface area contributed by atoms with Crippen LogP contribution >= 0.6 is 23.2 Å². The minimum atomic E-state index is -1.26. The molecule has 18 heavy (non-hydrogen) atoms. The Morgan fingerprint density at radius 1 is 1.33 bits per heavy atom. The maximum atomic E-state index is 12.9. The molecule has 98 valence electrons. The molecule has 0 aliphatic rings. The molecule has 0 unspecified atom stereocenters. The van der Waals surface area contributed by atoms with Gasteiger partial charge in [-0.1, -0.05) is 23.2 Å². The summed E-state index contributed by atoms with van der Waals surface area (Å²) in [6, 6.07) is 1.02. The highest BCUT2D eigenvalue weighted by atomic mass is 35.5. The number of rotatable bonds is 4. The van der Waals surface area contributed by atoms with Crippen LogP contribution in [-0.4, -0.2) is 23.7 Å². The number of amides is 2. The molecule has 0 bridgehead atoms. The SMILES string of the molecule is O=C(O)CONC(=O)Nc1c(Cl)cc(F)cc1Cl. The van der Waals surface area contributed by atoms with E-state index in [2.05, 4.69) is 10.2 Å². The molecular formula is C9H7Cl2FN2O4. The maximum Gasteiger partial charge on any atom is 0.343 e. The first kappa shape index (κ1) is 14.5. The van der Waals surface area contributed by atoms with Crippen LogP contribution in [-0.2, 0) is 9.63 Å². The van der Waals surface area contributed by atoms with Crippen LogP contribution in [0.15, 0.2) is 12.1 Å². The van der Waals surface area contributed by atoms with Gasteiger partial charge in [0.2, 0.25) is 0 Å². The second-order valence-corrected chi connectivity index (χ2v) is 3.80. The zero-order chi connectivity index (χ0) is 13.7. The monoisotopic (exact) mass is 296 g/mol. The number of hydroxylamine groups is 1. The molecule has 9 heteroatoms. The van der Waals surface area contributed by atoms with E-state index in [1.165, 1.54) is 0 Å². The Labute approximate surface area is 111 Å². The molecule has 0 aromatic heterocycles. The molecule has 2 amide bonds. The smallest absolute Gasteiger partial charge is 0.343 e. The fourth-order valence-electron chi connectivity index (χ4n) is 0.964. The van der Waals surface area contributed by atoms with Crippen molar-refractivity contribution >= 4 is 40.9 Å². The Hall–Kier alpha value is -1.57. The summed E-state index contributed by atoms with van der Waals surface area (Å²) in [5.41, 5.74) is 1.77. The summed E-state index contributed by atoms with van der Waals surface area (Å²) >= 11 is 11.3. The standard InChI is InChI=1S/C9H7Cl2FN2O4/c10-5-1-4(12)2-6(11)8(5)13-9(17)14-18-3-7(15)16/h1-2H,3H2,(H,15,16)(H2,13,14,17). The zero-order valence-corrected chi connectivity index (χ0v) is 10.2. The van der Waals surface area contributed by atoms with Crippen LogP contribution < -0.4 is 10.8 Å². The zero-order valence-electron chi connectivity index (χ0n) is 8.67. The molecule has 0 saturated heterocycles. The number of hydrogen-bond acceptors (Lipinski definition) is 3. The largest absolute Gasteiger partial charge is 0.479 e. The minimum absolute atomic E-state index is 0.0174. The molecule has 1 aromatic rings. The number of halogens is 3. The van der Waals surface area contributed by atoms with Crippen molar-refractivity contribution in [1.82, 2.24) is 5.48 Å². The number of benzene rings is 1. The van der Waals surface area contributed by atoms with Crippen molar-refractivity contribution in [2.24, 2.45) is 0 Å². The third-order valence-corrected chi connectivity index (χ3v) is 2.20. The summed E-state index contributed by atoms with van der Waals surface area (Å²) in [5.74, 6) is -1.91. The van der Waals surface area contributed by atoms with Crippen LogP contribution in [0.1, 0.15) is 0 Å². The fourth-order valence-corrected chi connectivity index (χ4v) is 1.52. The van der Waals surface area contributed by atoms with Gasteiger partial charge in [-0.3, -0.25) is 4.84 Å². The van der Waals surface area contributed by atoms with Crippen molar-refractivity contribution < 1.29 is 23.9 Å². The number of aliphatic carboxylic acids is 1. The first-order valence-corrected chi connectivity index (χ1v) is 5.21. The Balaban J connectivity index is 2.62. The Kier molecular flexibility index (Phi) is 5.14. The Bertz CT molecular complexity index is 461. The molecule has 0 aliphatic carbocycles. The van der Waals surface area contributed by atoms with E-state index in [1.807, 2.05) is 0 Å². The minimum Gasteiger partial charge on any atom is -0.479 e. The van der Waals surface area contributed by atoms with Crippen LogP contribution in [0.4, 0.5) is 14.9 Å². The number of carboxylic acid groups (broad SMARTS) is 1. The van der Waals surface area contributed by atoms with Gasteiger partial charge in [-0.25, -0.2) is 19.5 Å². The van der Waals surface area contributed by atoms with E-state index >= 15 is 0 Å². The quantitative estimate of drug-likeness (QED) is 0.744.